The van der Waals surface area contributed by atoms with E-state index in [4.69, 9.17) is 16.3 Å². The molecule has 3 nitrogen and oxygen atoms in total. The molecule has 3 heterocycles. The number of benzene rings is 1. The van der Waals surface area contributed by atoms with Gasteiger partial charge in [0.2, 0.25) is 0 Å². The fourth-order valence-corrected chi connectivity index (χ4v) is 5.94. The van der Waals surface area contributed by atoms with E-state index in [0.29, 0.717) is 17.3 Å². The van der Waals surface area contributed by atoms with E-state index in [9.17, 15) is 0 Å². The molecular weight excluding hydrogens is 388 g/mol. The van der Waals surface area contributed by atoms with E-state index in [1.165, 1.54) is 29.8 Å². The van der Waals surface area contributed by atoms with E-state index in [1.807, 2.05) is 17.6 Å². The van der Waals surface area contributed by atoms with Crippen LogP contribution in [0.2, 0.25) is 5.02 Å². The van der Waals surface area contributed by atoms with E-state index in [0.717, 1.165) is 36.8 Å². The largest absolute Gasteiger partial charge is 0.373 e. The number of likely N-dealkylation sites (tertiary alicyclic amines) is 1. The highest BCUT2D eigenvalue weighted by molar-refractivity contribution is 7.09. The Morgan fingerprint density at radius 3 is 2.68 bits per heavy atom. The fraction of sp³-hybridized carbons (Fsp3) is 0.609. The monoisotopic (exact) mass is 418 g/mol. The lowest BCUT2D eigenvalue weighted by atomic mass is 9.66. The van der Waals surface area contributed by atoms with Gasteiger partial charge in [0.1, 0.15) is 0 Å². The van der Waals surface area contributed by atoms with Crippen LogP contribution in [0, 0.1) is 24.2 Å². The Kier molecular flexibility index (Phi) is 6.12. The number of thiazole rings is 1. The molecule has 1 aromatic carbocycles. The number of hydrogen-bond acceptors (Lipinski definition) is 4. The molecule has 0 saturated carbocycles. The van der Waals surface area contributed by atoms with Gasteiger partial charge in [0, 0.05) is 16.4 Å². The summed E-state index contributed by atoms with van der Waals surface area (Å²) in [7, 11) is 0. The van der Waals surface area contributed by atoms with Gasteiger partial charge in [-0.1, -0.05) is 43.6 Å². The number of ether oxygens (including phenoxy) is 1. The Labute approximate surface area is 178 Å². The van der Waals surface area contributed by atoms with E-state index in [-0.39, 0.29) is 6.10 Å². The van der Waals surface area contributed by atoms with Gasteiger partial charge in [0.15, 0.2) is 0 Å². The zero-order chi connectivity index (χ0) is 19.7. The van der Waals surface area contributed by atoms with Gasteiger partial charge in [-0.15, -0.1) is 11.3 Å². The number of nitrogens with zero attached hydrogens (tertiary/aromatic N) is 2. The van der Waals surface area contributed by atoms with Gasteiger partial charge in [0.25, 0.3) is 0 Å². The average Bonchev–Trinajstić information content (AvgIpc) is 3.09. The molecular formula is C23H31ClN2OS. The first-order chi connectivity index (χ1) is 13.5. The molecule has 2 atom stereocenters. The quantitative estimate of drug-likeness (QED) is 0.597. The Bertz CT molecular complexity index is 797. The maximum atomic E-state index is 6.56. The van der Waals surface area contributed by atoms with Crippen molar-refractivity contribution in [2.45, 2.75) is 52.7 Å². The molecule has 1 spiro atoms. The summed E-state index contributed by atoms with van der Waals surface area (Å²) in [6, 6.07) is 8.20. The second-order valence-corrected chi connectivity index (χ2v) is 10.3. The summed E-state index contributed by atoms with van der Waals surface area (Å²) in [6.45, 7) is 11.0. The van der Waals surface area contributed by atoms with Gasteiger partial charge in [-0.2, -0.15) is 0 Å². The molecule has 152 valence electrons. The molecule has 2 aliphatic rings. The van der Waals surface area contributed by atoms with Crippen molar-refractivity contribution in [3.05, 3.63) is 50.9 Å². The van der Waals surface area contributed by atoms with Crippen molar-refractivity contribution in [1.82, 2.24) is 9.88 Å². The predicted molar refractivity (Wildman–Crippen MR) is 117 cm³/mol. The van der Waals surface area contributed by atoms with E-state index < -0.39 is 0 Å². The van der Waals surface area contributed by atoms with E-state index in [2.05, 4.69) is 42.8 Å². The van der Waals surface area contributed by atoms with Gasteiger partial charge in [-0.3, -0.25) is 4.90 Å². The molecule has 0 bridgehead atoms. The standard InChI is InChI=1S/C23H31ClN2OS/c1-16(2)19-12-23(14-27-22(19)18-6-4-5-7-20(18)24)8-10-26(11-9-23)13-21-17(3)25-15-28-21/h4-7,15-16,19,22H,8-14H2,1-3H3/t19-,22-/m1/s1. The van der Waals surface area contributed by atoms with Gasteiger partial charge < -0.3 is 4.74 Å². The summed E-state index contributed by atoms with van der Waals surface area (Å²) in [5, 5.41) is 0.837. The van der Waals surface area contributed by atoms with Crippen LogP contribution in [-0.2, 0) is 11.3 Å². The van der Waals surface area contributed by atoms with Crippen LogP contribution >= 0.6 is 22.9 Å². The summed E-state index contributed by atoms with van der Waals surface area (Å²) in [5.74, 6) is 1.10. The third-order valence-electron chi connectivity index (χ3n) is 6.82. The normalized spacial score (nSPS) is 25.5. The van der Waals surface area contributed by atoms with Crippen LogP contribution in [-0.4, -0.2) is 29.6 Å². The average molecular weight is 419 g/mol. The Morgan fingerprint density at radius 2 is 2.04 bits per heavy atom. The van der Waals surface area contributed by atoms with E-state index in [1.54, 1.807) is 11.3 Å². The molecule has 0 amide bonds. The predicted octanol–water partition coefficient (Wildman–Crippen LogP) is 6.12. The van der Waals surface area contributed by atoms with Crippen LogP contribution in [0.4, 0.5) is 0 Å². The number of aromatic nitrogens is 1. The zero-order valence-corrected chi connectivity index (χ0v) is 18.7. The van der Waals surface area contributed by atoms with Gasteiger partial charge >= 0.3 is 0 Å². The number of halogens is 1. The lowest BCUT2D eigenvalue weighted by Gasteiger charge is -2.50. The Hall–Kier alpha value is -0.940. The molecule has 0 unspecified atom stereocenters. The Morgan fingerprint density at radius 1 is 1.29 bits per heavy atom. The number of piperidine rings is 1. The molecule has 2 aliphatic heterocycles. The highest BCUT2D eigenvalue weighted by atomic mass is 35.5. The summed E-state index contributed by atoms with van der Waals surface area (Å²) in [6.07, 6.45) is 3.82. The van der Waals surface area contributed by atoms with Crippen molar-refractivity contribution < 1.29 is 4.74 Å². The van der Waals surface area contributed by atoms with Crippen molar-refractivity contribution in [2.75, 3.05) is 19.7 Å². The molecule has 0 aliphatic carbocycles. The van der Waals surface area contributed by atoms with Crippen molar-refractivity contribution in [2.24, 2.45) is 17.3 Å². The lowest BCUT2D eigenvalue weighted by molar-refractivity contribution is -0.131. The van der Waals surface area contributed by atoms with Crippen LogP contribution in [0.15, 0.2) is 29.8 Å². The minimum atomic E-state index is 0.122. The molecule has 4 rings (SSSR count). The molecule has 0 radical (unpaired) electrons. The third kappa shape index (κ3) is 4.16. The number of rotatable bonds is 4. The minimum absolute atomic E-state index is 0.122. The summed E-state index contributed by atoms with van der Waals surface area (Å²) in [4.78, 5) is 8.41. The first kappa shape index (κ1) is 20.3. The van der Waals surface area contributed by atoms with E-state index >= 15 is 0 Å². The van der Waals surface area contributed by atoms with Gasteiger partial charge in [-0.25, -0.2) is 4.98 Å². The summed E-state index contributed by atoms with van der Waals surface area (Å²) < 4.78 is 6.56. The third-order valence-corrected chi connectivity index (χ3v) is 8.09. The van der Waals surface area contributed by atoms with Gasteiger partial charge in [-0.05, 0) is 68.2 Å². The van der Waals surface area contributed by atoms with Crippen LogP contribution in [0.3, 0.4) is 0 Å². The lowest BCUT2D eigenvalue weighted by Crippen LogP contribution is -2.47. The highest BCUT2D eigenvalue weighted by Gasteiger charge is 2.45. The first-order valence-corrected chi connectivity index (χ1v) is 11.7. The van der Waals surface area contributed by atoms with Crippen molar-refractivity contribution in [1.29, 1.82) is 0 Å². The summed E-state index contributed by atoms with van der Waals surface area (Å²) in [5.41, 5.74) is 4.64. The molecule has 1 aromatic heterocycles. The van der Waals surface area contributed by atoms with Gasteiger partial charge in [0.05, 0.1) is 23.9 Å². The fourth-order valence-electron chi connectivity index (χ4n) is 4.88. The number of aryl methyl sites for hydroxylation is 1. The molecule has 28 heavy (non-hydrogen) atoms. The highest BCUT2D eigenvalue weighted by Crippen LogP contribution is 2.50. The van der Waals surface area contributed by atoms with Crippen molar-refractivity contribution in [3.8, 4) is 0 Å². The molecule has 5 heteroatoms. The minimum Gasteiger partial charge on any atom is -0.373 e. The molecule has 2 fully saturated rings. The second-order valence-electron chi connectivity index (χ2n) is 9.00. The van der Waals surface area contributed by atoms with Crippen molar-refractivity contribution in [3.63, 3.8) is 0 Å². The topological polar surface area (TPSA) is 25.4 Å². The van der Waals surface area contributed by atoms with Crippen LogP contribution < -0.4 is 0 Å². The first-order valence-electron chi connectivity index (χ1n) is 10.4. The maximum Gasteiger partial charge on any atom is 0.0870 e. The smallest absolute Gasteiger partial charge is 0.0870 e. The maximum absolute atomic E-state index is 6.56. The zero-order valence-electron chi connectivity index (χ0n) is 17.2. The SMILES string of the molecule is Cc1ncsc1CN1CCC2(CC1)CO[C@H](c1ccccc1Cl)[C@@H](C(C)C)C2. The van der Waals surface area contributed by atoms with Crippen molar-refractivity contribution >= 4 is 22.9 Å². The summed E-state index contributed by atoms with van der Waals surface area (Å²) >= 11 is 8.30. The Balaban J connectivity index is 1.43. The van der Waals surface area contributed by atoms with Crippen LogP contribution in [0.1, 0.15) is 55.3 Å². The van der Waals surface area contributed by atoms with Crippen LogP contribution in [0.25, 0.3) is 0 Å². The van der Waals surface area contributed by atoms with Crippen LogP contribution in [0.5, 0.6) is 0 Å². The number of hydrogen-bond donors (Lipinski definition) is 0. The molecule has 2 aromatic rings. The second kappa shape index (κ2) is 8.43. The molecule has 2 saturated heterocycles. The molecule has 0 N–H and O–H groups in total.